The molecule has 21 heavy (non-hydrogen) atoms. The first-order valence-electron chi connectivity index (χ1n) is 7.32. The highest BCUT2D eigenvalue weighted by Gasteiger charge is 2.44. The van der Waals surface area contributed by atoms with Crippen molar-refractivity contribution in [2.24, 2.45) is 5.73 Å². The van der Waals surface area contributed by atoms with E-state index in [0.717, 1.165) is 55.0 Å². The van der Waals surface area contributed by atoms with Crippen LogP contribution in [0.15, 0.2) is 23.1 Å². The highest BCUT2D eigenvalue weighted by molar-refractivity contribution is 9.10. The fourth-order valence-corrected chi connectivity index (χ4v) is 3.87. The third-order valence-electron chi connectivity index (χ3n) is 4.75. The molecule has 0 radical (unpaired) electrons. The molecule has 1 spiro atoms. The van der Waals surface area contributed by atoms with Crippen LogP contribution < -0.4 is 10.6 Å². The molecule has 0 unspecified atom stereocenters. The maximum atomic E-state index is 6.24. The van der Waals surface area contributed by atoms with E-state index in [1.54, 1.807) is 6.20 Å². The molecule has 0 amide bonds. The highest BCUT2D eigenvalue weighted by atomic mass is 79.9. The van der Waals surface area contributed by atoms with Crippen LogP contribution in [0.4, 0.5) is 5.95 Å². The van der Waals surface area contributed by atoms with Crippen molar-refractivity contribution in [2.75, 3.05) is 24.6 Å². The molecule has 0 aromatic carbocycles. The Morgan fingerprint density at radius 1 is 1.33 bits per heavy atom. The van der Waals surface area contributed by atoms with Crippen LogP contribution in [-0.4, -0.2) is 45.7 Å². The number of hydrogen-bond donors (Lipinski definition) is 1. The Bertz CT molecular complexity index is 664. The van der Waals surface area contributed by atoms with Gasteiger partial charge in [0, 0.05) is 44.3 Å². The predicted octanol–water partition coefficient (Wildman–Crippen LogP) is 1.58. The van der Waals surface area contributed by atoms with Crippen LogP contribution in [0.1, 0.15) is 19.3 Å². The number of aromatic nitrogens is 3. The molecule has 0 saturated carbocycles. The molecular weight excluding hydrogens is 334 g/mol. The molecule has 4 rings (SSSR count). The van der Waals surface area contributed by atoms with Gasteiger partial charge in [0.25, 0.3) is 0 Å². The number of fused-ring (bicyclic) bond motifs is 1. The Hall–Kier alpha value is -1.18. The van der Waals surface area contributed by atoms with Gasteiger partial charge in [0.15, 0.2) is 5.65 Å². The molecule has 2 aliphatic heterocycles. The van der Waals surface area contributed by atoms with Crippen LogP contribution >= 0.6 is 15.9 Å². The van der Waals surface area contributed by atoms with Crippen molar-refractivity contribution in [3.63, 3.8) is 0 Å². The molecule has 6 nitrogen and oxygen atoms in total. The molecule has 0 aliphatic carbocycles. The Morgan fingerprint density at radius 2 is 2.14 bits per heavy atom. The van der Waals surface area contributed by atoms with Gasteiger partial charge in [0.2, 0.25) is 5.95 Å². The van der Waals surface area contributed by atoms with Gasteiger partial charge in [-0.25, -0.2) is 9.97 Å². The standard InChI is InChI=1S/C14H18BrN5O/c15-10-9-18-13(20-7-4-17-12(10)20)19-5-2-14(3-6-19)11(16)1-8-21-14/h4,7,9,11H,1-3,5-6,8,16H2/t11-/m1/s1. The average molecular weight is 352 g/mol. The molecular formula is C14H18BrN5O. The van der Waals surface area contributed by atoms with E-state index in [0.29, 0.717) is 0 Å². The minimum absolute atomic E-state index is 0.111. The fraction of sp³-hybridized carbons (Fsp3) is 0.571. The van der Waals surface area contributed by atoms with Crippen LogP contribution in [0.3, 0.4) is 0 Å². The number of anilines is 1. The van der Waals surface area contributed by atoms with Gasteiger partial charge in [0.05, 0.1) is 10.1 Å². The van der Waals surface area contributed by atoms with Gasteiger partial charge in [-0.3, -0.25) is 4.40 Å². The molecule has 2 fully saturated rings. The summed E-state index contributed by atoms with van der Waals surface area (Å²) in [6.07, 6.45) is 8.46. The Labute approximate surface area is 131 Å². The maximum Gasteiger partial charge on any atom is 0.211 e. The molecule has 2 aromatic rings. The molecule has 2 aliphatic rings. The third kappa shape index (κ3) is 2.06. The summed E-state index contributed by atoms with van der Waals surface area (Å²) in [6, 6.07) is 0.172. The molecule has 2 aromatic heterocycles. The lowest BCUT2D eigenvalue weighted by Crippen LogP contribution is -2.53. The van der Waals surface area contributed by atoms with Crippen molar-refractivity contribution in [3.8, 4) is 0 Å². The lowest BCUT2D eigenvalue weighted by molar-refractivity contribution is -0.0231. The second-order valence-electron chi connectivity index (χ2n) is 5.82. The predicted molar refractivity (Wildman–Crippen MR) is 83.4 cm³/mol. The van der Waals surface area contributed by atoms with Crippen molar-refractivity contribution in [2.45, 2.75) is 30.9 Å². The zero-order chi connectivity index (χ0) is 14.4. The monoisotopic (exact) mass is 351 g/mol. The quantitative estimate of drug-likeness (QED) is 0.844. The number of ether oxygens (including phenoxy) is 1. The SMILES string of the molecule is N[C@@H]1CCOC12CCN(c1ncc(Br)c3nccn13)CC2. The summed E-state index contributed by atoms with van der Waals surface area (Å²) in [5, 5.41) is 0. The van der Waals surface area contributed by atoms with Gasteiger partial charge in [-0.15, -0.1) is 0 Å². The summed E-state index contributed by atoms with van der Waals surface area (Å²) in [5.41, 5.74) is 7.03. The average Bonchev–Trinajstić information content (AvgIpc) is 3.10. The third-order valence-corrected chi connectivity index (χ3v) is 5.31. The van der Waals surface area contributed by atoms with Gasteiger partial charge >= 0.3 is 0 Å². The van der Waals surface area contributed by atoms with E-state index < -0.39 is 0 Å². The van der Waals surface area contributed by atoms with E-state index in [2.05, 4.69) is 30.8 Å². The van der Waals surface area contributed by atoms with Gasteiger partial charge in [-0.1, -0.05) is 0 Å². The van der Waals surface area contributed by atoms with Crippen molar-refractivity contribution >= 4 is 27.5 Å². The maximum absolute atomic E-state index is 6.24. The largest absolute Gasteiger partial charge is 0.373 e. The van der Waals surface area contributed by atoms with E-state index in [1.165, 1.54) is 0 Å². The number of piperidine rings is 1. The van der Waals surface area contributed by atoms with Crippen molar-refractivity contribution < 1.29 is 4.74 Å². The minimum Gasteiger partial charge on any atom is -0.373 e. The summed E-state index contributed by atoms with van der Waals surface area (Å²) < 4.78 is 8.90. The summed E-state index contributed by atoms with van der Waals surface area (Å²) in [4.78, 5) is 11.2. The van der Waals surface area contributed by atoms with Gasteiger partial charge in [-0.2, -0.15) is 0 Å². The summed E-state index contributed by atoms with van der Waals surface area (Å²) >= 11 is 3.49. The second kappa shape index (κ2) is 4.93. The number of nitrogens with zero attached hydrogens (tertiary/aromatic N) is 4. The molecule has 112 valence electrons. The van der Waals surface area contributed by atoms with Crippen molar-refractivity contribution in [3.05, 3.63) is 23.1 Å². The smallest absolute Gasteiger partial charge is 0.211 e. The van der Waals surface area contributed by atoms with Crippen molar-refractivity contribution in [1.29, 1.82) is 0 Å². The summed E-state index contributed by atoms with van der Waals surface area (Å²) in [7, 11) is 0. The molecule has 2 N–H and O–H groups in total. The Balaban J connectivity index is 1.61. The Kier molecular flexibility index (Phi) is 3.16. The zero-order valence-electron chi connectivity index (χ0n) is 11.7. The van der Waals surface area contributed by atoms with Crippen molar-refractivity contribution in [1.82, 2.24) is 14.4 Å². The Morgan fingerprint density at radius 3 is 2.86 bits per heavy atom. The van der Waals surface area contributed by atoms with E-state index in [1.807, 2.05) is 16.8 Å². The van der Waals surface area contributed by atoms with Crippen LogP contribution in [0.5, 0.6) is 0 Å². The molecule has 7 heteroatoms. The number of rotatable bonds is 1. The summed E-state index contributed by atoms with van der Waals surface area (Å²) in [6.45, 7) is 2.62. The van der Waals surface area contributed by atoms with E-state index in [4.69, 9.17) is 10.5 Å². The number of imidazole rings is 1. The van der Waals surface area contributed by atoms with E-state index >= 15 is 0 Å². The minimum atomic E-state index is -0.111. The van der Waals surface area contributed by atoms with Crippen LogP contribution in [0.2, 0.25) is 0 Å². The lowest BCUT2D eigenvalue weighted by atomic mass is 9.85. The first kappa shape index (κ1) is 13.5. The topological polar surface area (TPSA) is 68.7 Å². The van der Waals surface area contributed by atoms with Crippen LogP contribution in [0.25, 0.3) is 5.65 Å². The van der Waals surface area contributed by atoms with Gasteiger partial charge < -0.3 is 15.4 Å². The number of hydrogen-bond acceptors (Lipinski definition) is 5. The second-order valence-corrected chi connectivity index (χ2v) is 6.68. The lowest BCUT2D eigenvalue weighted by Gasteiger charge is -2.41. The van der Waals surface area contributed by atoms with Gasteiger partial charge in [-0.05, 0) is 35.2 Å². The molecule has 1 atom stereocenters. The van der Waals surface area contributed by atoms with E-state index in [9.17, 15) is 0 Å². The fourth-order valence-electron chi connectivity index (χ4n) is 3.47. The molecule has 4 heterocycles. The normalized spacial score (nSPS) is 25.0. The molecule has 2 saturated heterocycles. The highest BCUT2D eigenvalue weighted by Crippen LogP contribution is 2.36. The number of nitrogens with two attached hydrogens (primary N) is 1. The summed E-state index contributed by atoms with van der Waals surface area (Å²) in [5.74, 6) is 0.937. The van der Waals surface area contributed by atoms with E-state index in [-0.39, 0.29) is 11.6 Å². The number of halogens is 1. The first-order valence-corrected chi connectivity index (χ1v) is 8.11. The zero-order valence-corrected chi connectivity index (χ0v) is 13.3. The van der Waals surface area contributed by atoms with Crippen LogP contribution in [0, 0.1) is 0 Å². The first-order chi connectivity index (χ1) is 10.2. The van der Waals surface area contributed by atoms with Crippen LogP contribution in [-0.2, 0) is 4.74 Å². The molecule has 0 bridgehead atoms. The van der Waals surface area contributed by atoms with Gasteiger partial charge in [0.1, 0.15) is 0 Å².